The fourth-order valence-corrected chi connectivity index (χ4v) is 3.20. The first-order chi connectivity index (χ1) is 9.58. The Morgan fingerprint density at radius 1 is 1.10 bits per heavy atom. The van der Waals surface area contributed by atoms with E-state index < -0.39 is 15.0 Å². The molecule has 20 heavy (non-hydrogen) atoms. The van der Waals surface area contributed by atoms with E-state index >= 15 is 0 Å². The van der Waals surface area contributed by atoms with Crippen molar-refractivity contribution in [2.45, 2.75) is 10.9 Å². The van der Waals surface area contributed by atoms with Crippen LogP contribution in [0.3, 0.4) is 0 Å². The number of nitrogens with zero attached hydrogens (tertiary/aromatic N) is 3. The van der Waals surface area contributed by atoms with Crippen molar-refractivity contribution in [2.75, 3.05) is 0 Å². The summed E-state index contributed by atoms with van der Waals surface area (Å²) in [5.74, 6) is -0.348. The standard InChI is InChI=1S/C13H10N3O3S/c17-16-12-7-2-1-6-11(12)15-13(16)20(18,19)9-10-5-3-4-8-14-10/h1-8H,9H2/q-1. The molecule has 6 nitrogen and oxygen atoms in total. The fourth-order valence-electron chi connectivity index (χ4n) is 1.92. The fraction of sp³-hybridized carbons (Fsp3) is 0.0769. The number of sulfone groups is 1. The van der Waals surface area contributed by atoms with Gasteiger partial charge >= 0.3 is 0 Å². The number of fused-ring (bicyclic) bond motifs is 1. The van der Waals surface area contributed by atoms with Gasteiger partial charge < -0.3 is 9.94 Å². The highest BCUT2D eigenvalue weighted by atomic mass is 32.2. The Kier molecular flexibility index (Phi) is 2.90. The molecule has 0 aliphatic heterocycles. The van der Waals surface area contributed by atoms with E-state index in [4.69, 9.17) is 0 Å². The normalized spacial score (nSPS) is 11.8. The van der Waals surface area contributed by atoms with E-state index in [2.05, 4.69) is 9.97 Å². The van der Waals surface area contributed by atoms with Gasteiger partial charge in [-0.15, -0.1) is 0 Å². The van der Waals surface area contributed by atoms with Crippen molar-refractivity contribution in [3.63, 3.8) is 0 Å². The predicted molar refractivity (Wildman–Crippen MR) is 73.6 cm³/mol. The molecule has 0 aliphatic rings. The van der Waals surface area contributed by atoms with Gasteiger partial charge in [0.05, 0.1) is 16.7 Å². The number of hydrogen-bond acceptors (Lipinski definition) is 5. The lowest BCUT2D eigenvalue weighted by atomic mass is 10.3. The van der Waals surface area contributed by atoms with E-state index in [1.807, 2.05) is 0 Å². The van der Waals surface area contributed by atoms with E-state index in [0.29, 0.717) is 15.9 Å². The van der Waals surface area contributed by atoms with E-state index in [9.17, 15) is 13.6 Å². The minimum atomic E-state index is -3.83. The molecule has 0 fully saturated rings. The molecule has 0 saturated heterocycles. The summed E-state index contributed by atoms with van der Waals surface area (Å²) in [4.78, 5) is 7.87. The Morgan fingerprint density at radius 2 is 1.85 bits per heavy atom. The Balaban J connectivity index is 2.08. The van der Waals surface area contributed by atoms with E-state index in [1.54, 1.807) is 36.4 Å². The lowest BCUT2D eigenvalue weighted by molar-refractivity contribution is 0.583. The largest absolute Gasteiger partial charge is 0.804 e. The zero-order chi connectivity index (χ0) is 14.2. The van der Waals surface area contributed by atoms with Gasteiger partial charge in [-0.1, -0.05) is 18.2 Å². The molecule has 0 atom stereocenters. The summed E-state index contributed by atoms with van der Waals surface area (Å²) in [6, 6.07) is 11.5. The molecule has 2 aromatic heterocycles. The second-order valence-corrected chi connectivity index (χ2v) is 6.14. The molecule has 0 spiro atoms. The van der Waals surface area contributed by atoms with Gasteiger partial charge in [0, 0.05) is 6.20 Å². The number of imidazole rings is 1. The Morgan fingerprint density at radius 3 is 2.55 bits per heavy atom. The third-order valence-electron chi connectivity index (χ3n) is 2.83. The maximum atomic E-state index is 12.3. The van der Waals surface area contributed by atoms with Crippen molar-refractivity contribution in [3.8, 4) is 0 Å². The average molecular weight is 288 g/mol. The van der Waals surface area contributed by atoms with Crippen LogP contribution in [0.15, 0.2) is 53.8 Å². The highest BCUT2D eigenvalue weighted by Crippen LogP contribution is 2.20. The highest BCUT2D eigenvalue weighted by molar-refractivity contribution is 7.90. The van der Waals surface area contributed by atoms with Crippen LogP contribution in [-0.2, 0) is 15.6 Å². The monoisotopic (exact) mass is 288 g/mol. The summed E-state index contributed by atoms with van der Waals surface area (Å²) >= 11 is 0. The van der Waals surface area contributed by atoms with Crippen LogP contribution in [0.1, 0.15) is 5.69 Å². The predicted octanol–water partition coefficient (Wildman–Crippen LogP) is 1.75. The van der Waals surface area contributed by atoms with Crippen molar-refractivity contribution in [1.82, 2.24) is 14.7 Å². The second kappa shape index (κ2) is 4.61. The molecular formula is C13H10N3O3S-. The minimum Gasteiger partial charge on any atom is -0.804 e. The number of para-hydroxylation sites is 2. The zero-order valence-corrected chi connectivity index (χ0v) is 11.1. The first-order valence-electron chi connectivity index (χ1n) is 5.85. The lowest BCUT2D eigenvalue weighted by Crippen LogP contribution is -2.11. The minimum absolute atomic E-state index is 0.243. The molecule has 3 rings (SSSR count). The van der Waals surface area contributed by atoms with Crippen molar-refractivity contribution in [1.29, 1.82) is 0 Å². The topological polar surface area (TPSA) is 87.9 Å². The van der Waals surface area contributed by atoms with Crippen molar-refractivity contribution >= 4 is 20.9 Å². The van der Waals surface area contributed by atoms with E-state index in [0.717, 1.165) is 0 Å². The molecule has 0 bridgehead atoms. The van der Waals surface area contributed by atoms with Crippen LogP contribution < -0.4 is 0 Å². The molecule has 1 aromatic carbocycles. The number of hydrogen-bond donors (Lipinski definition) is 0. The first-order valence-corrected chi connectivity index (χ1v) is 7.51. The van der Waals surface area contributed by atoms with Gasteiger partial charge in [-0.2, -0.15) is 0 Å². The van der Waals surface area contributed by atoms with E-state index in [-0.39, 0.29) is 11.3 Å². The summed E-state index contributed by atoms with van der Waals surface area (Å²) in [7, 11) is -3.83. The van der Waals surface area contributed by atoms with Gasteiger partial charge in [-0.05, 0) is 24.3 Å². The summed E-state index contributed by atoms with van der Waals surface area (Å²) in [5.41, 5.74) is 0.980. The van der Waals surface area contributed by atoms with Crippen molar-refractivity contribution in [3.05, 3.63) is 59.6 Å². The van der Waals surface area contributed by atoms with Crippen LogP contribution in [0.4, 0.5) is 0 Å². The maximum Gasteiger partial charge on any atom is 0.224 e. The number of aromatic nitrogens is 3. The summed E-state index contributed by atoms with van der Waals surface area (Å²) in [6.07, 6.45) is 1.50. The van der Waals surface area contributed by atoms with Crippen LogP contribution in [0.25, 0.3) is 11.0 Å². The maximum absolute atomic E-state index is 12.3. The summed E-state index contributed by atoms with van der Waals surface area (Å²) < 4.78 is 24.9. The number of rotatable bonds is 3. The van der Waals surface area contributed by atoms with Crippen LogP contribution in [0, 0.1) is 5.21 Å². The number of pyridine rings is 1. The smallest absolute Gasteiger partial charge is 0.224 e. The molecule has 7 heteroatoms. The summed E-state index contributed by atoms with van der Waals surface area (Å²) in [6.45, 7) is 0. The van der Waals surface area contributed by atoms with Crippen LogP contribution >= 0.6 is 0 Å². The Hall–Kier alpha value is -2.41. The second-order valence-electron chi connectivity index (χ2n) is 4.26. The van der Waals surface area contributed by atoms with Gasteiger partial charge in [0.15, 0.2) is 0 Å². The zero-order valence-electron chi connectivity index (χ0n) is 10.3. The number of benzene rings is 1. The van der Waals surface area contributed by atoms with Gasteiger partial charge in [0.1, 0.15) is 5.75 Å². The van der Waals surface area contributed by atoms with Crippen LogP contribution in [0.2, 0.25) is 0 Å². The average Bonchev–Trinajstić information content (AvgIpc) is 2.78. The van der Waals surface area contributed by atoms with Crippen LogP contribution in [-0.4, -0.2) is 23.1 Å². The molecule has 0 unspecified atom stereocenters. The molecule has 0 radical (unpaired) electrons. The highest BCUT2D eigenvalue weighted by Gasteiger charge is 2.21. The van der Waals surface area contributed by atoms with Gasteiger partial charge in [-0.25, -0.2) is 13.4 Å². The molecule has 102 valence electrons. The quantitative estimate of drug-likeness (QED) is 0.732. The SMILES string of the molecule is O=S(=O)(Cc1ccccn1)c1nc2ccccc2n1[O-]. The van der Waals surface area contributed by atoms with Crippen molar-refractivity contribution in [2.24, 2.45) is 0 Å². The molecule has 0 amide bonds. The molecular weight excluding hydrogens is 278 g/mol. The Labute approximate surface area is 115 Å². The van der Waals surface area contributed by atoms with Crippen molar-refractivity contribution < 1.29 is 8.42 Å². The van der Waals surface area contributed by atoms with Gasteiger partial charge in [0.25, 0.3) is 0 Å². The molecule has 0 aliphatic carbocycles. The lowest BCUT2D eigenvalue weighted by Gasteiger charge is -2.12. The van der Waals surface area contributed by atoms with Gasteiger partial charge in [-0.3, -0.25) is 4.98 Å². The molecule has 0 saturated carbocycles. The van der Waals surface area contributed by atoms with E-state index in [1.165, 1.54) is 12.3 Å². The van der Waals surface area contributed by atoms with Gasteiger partial charge in [0.2, 0.25) is 15.0 Å². The van der Waals surface area contributed by atoms with Crippen LogP contribution in [0.5, 0.6) is 0 Å². The molecule has 0 N–H and O–H groups in total. The third-order valence-corrected chi connectivity index (χ3v) is 4.32. The third kappa shape index (κ3) is 2.12. The summed E-state index contributed by atoms with van der Waals surface area (Å²) in [5, 5.41) is 11.5. The molecule has 2 heterocycles. The Bertz CT molecular complexity index is 857. The molecule has 3 aromatic rings. The first kappa shape index (κ1) is 12.6.